The van der Waals surface area contributed by atoms with Gasteiger partial charge in [-0.05, 0) is 37.8 Å². The summed E-state index contributed by atoms with van der Waals surface area (Å²) < 4.78 is 29.1. The zero-order valence-corrected chi connectivity index (χ0v) is 12.7. The number of hydrogen-bond donors (Lipinski definition) is 1. The molecular formula is C9H14BrNO3SSi. The van der Waals surface area contributed by atoms with Crippen LogP contribution in [0, 0.1) is 0 Å². The second kappa shape index (κ2) is 4.48. The van der Waals surface area contributed by atoms with E-state index in [0.29, 0.717) is 5.75 Å². The fraction of sp³-hybridized carbons (Fsp3) is 0.333. The van der Waals surface area contributed by atoms with E-state index in [1.807, 2.05) is 19.6 Å². The molecule has 1 aromatic rings. The molecular weight excluding hydrogens is 310 g/mol. The molecule has 0 saturated heterocycles. The second-order valence-electron chi connectivity index (χ2n) is 4.35. The smallest absolute Gasteiger partial charge is 0.242 e. The minimum atomic E-state index is -3.75. The number of nitrogens with two attached hydrogens (primary N) is 1. The maximum atomic E-state index is 11.3. The molecule has 0 saturated carbocycles. The second-order valence-corrected chi connectivity index (χ2v) is 11.2. The van der Waals surface area contributed by atoms with Crippen molar-refractivity contribution < 1.29 is 12.8 Å². The quantitative estimate of drug-likeness (QED) is 0.868. The highest BCUT2D eigenvalue weighted by atomic mass is 79.9. The summed E-state index contributed by atoms with van der Waals surface area (Å²) in [5, 5.41) is 5.12. The molecule has 1 rings (SSSR count). The molecule has 0 aliphatic rings. The van der Waals surface area contributed by atoms with E-state index >= 15 is 0 Å². The van der Waals surface area contributed by atoms with Gasteiger partial charge in [0.05, 0.1) is 0 Å². The van der Waals surface area contributed by atoms with Crippen molar-refractivity contribution in [2.45, 2.75) is 24.5 Å². The predicted octanol–water partition coefficient (Wildman–Crippen LogP) is 2.31. The SMILES string of the molecule is C[Si](C)(C)Oc1cc(Br)ccc1S(N)(=O)=O. The van der Waals surface area contributed by atoms with E-state index in [1.165, 1.54) is 6.07 Å². The van der Waals surface area contributed by atoms with Gasteiger partial charge in [0.2, 0.25) is 18.3 Å². The van der Waals surface area contributed by atoms with Crippen molar-refractivity contribution in [2.24, 2.45) is 5.14 Å². The lowest BCUT2D eigenvalue weighted by Crippen LogP contribution is -2.30. The van der Waals surface area contributed by atoms with E-state index in [-0.39, 0.29) is 4.90 Å². The summed E-state index contributed by atoms with van der Waals surface area (Å²) in [5.41, 5.74) is 0. The zero-order chi connectivity index (χ0) is 12.6. The number of benzene rings is 1. The summed E-state index contributed by atoms with van der Waals surface area (Å²) in [7, 11) is -5.62. The zero-order valence-electron chi connectivity index (χ0n) is 9.32. The highest BCUT2D eigenvalue weighted by molar-refractivity contribution is 9.10. The highest BCUT2D eigenvalue weighted by Crippen LogP contribution is 2.28. The van der Waals surface area contributed by atoms with Gasteiger partial charge in [-0.2, -0.15) is 0 Å². The number of primary sulfonamides is 1. The van der Waals surface area contributed by atoms with Crippen LogP contribution in [-0.4, -0.2) is 16.7 Å². The van der Waals surface area contributed by atoms with Gasteiger partial charge >= 0.3 is 0 Å². The summed E-state index contributed by atoms with van der Waals surface area (Å²) >= 11 is 3.27. The molecule has 1 aromatic carbocycles. The first kappa shape index (κ1) is 13.7. The van der Waals surface area contributed by atoms with E-state index in [9.17, 15) is 8.42 Å². The molecule has 0 unspecified atom stereocenters. The normalized spacial score (nSPS) is 12.6. The summed E-state index contributed by atoms with van der Waals surface area (Å²) in [6.45, 7) is 5.92. The average Bonchev–Trinajstić information content (AvgIpc) is 1.97. The summed E-state index contributed by atoms with van der Waals surface area (Å²) in [6, 6.07) is 4.68. The molecule has 0 spiro atoms. The van der Waals surface area contributed by atoms with E-state index < -0.39 is 18.3 Å². The topological polar surface area (TPSA) is 69.4 Å². The Labute approximate surface area is 105 Å². The van der Waals surface area contributed by atoms with Crippen molar-refractivity contribution in [3.63, 3.8) is 0 Å². The first-order valence-electron chi connectivity index (χ1n) is 4.61. The van der Waals surface area contributed by atoms with Gasteiger partial charge in [-0.15, -0.1) is 0 Å². The van der Waals surface area contributed by atoms with Crippen LogP contribution in [0.25, 0.3) is 0 Å². The minimum absolute atomic E-state index is 0.0260. The van der Waals surface area contributed by atoms with Crippen molar-refractivity contribution >= 4 is 34.3 Å². The Morgan fingerprint density at radius 2 is 1.88 bits per heavy atom. The van der Waals surface area contributed by atoms with E-state index in [4.69, 9.17) is 9.56 Å². The molecule has 0 amide bonds. The maximum absolute atomic E-state index is 11.3. The predicted molar refractivity (Wildman–Crippen MR) is 69.5 cm³/mol. The van der Waals surface area contributed by atoms with Crippen LogP contribution in [0.4, 0.5) is 0 Å². The Balaban J connectivity index is 3.30. The van der Waals surface area contributed by atoms with Gasteiger partial charge in [0.25, 0.3) is 0 Å². The van der Waals surface area contributed by atoms with Crippen molar-refractivity contribution in [1.82, 2.24) is 0 Å². The molecule has 4 nitrogen and oxygen atoms in total. The fourth-order valence-corrected chi connectivity index (χ4v) is 3.01. The number of sulfonamides is 1. The lowest BCUT2D eigenvalue weighted by Gasteiger charge is -2.21. The Morgan fingerprint density at radius 1 is 1.31 bits per heavy atom. The molecule has 7 heteroatoms. The third-order valence-electron chi connectivity index (χ3n) is 1.63. The molecule has 0 atom stereocenters. The largest absolute Gasteiger partial charge is 0.543 e. The van der Waals surface area contributed by atoms with Gasteiger partial charge in [0, 0.05) is 4.47 Å². The van der Waals surface area contributed by atoms with E-state index in [0.717, 1.165) is 4.47 Å². The third kappa shape index (κ3) is 3.89. The van der Waals surface area contributed by atoms with Gasteiger partial charge in [-0.3, -0.25) is 0 Å². The Kier molecular flexibility index (Phi) is 3.83. The molecule has 90 valence electrons. The van der Waals surface area contributed by atoms with Crippen LogP contribution < -0.4 is 9.56 Å². The standard InChI is InChI=1S/C9H14BrNO3SSi/c1-16(2,3)14-8-6-7(10)4-5-9(8)15(11,12)13/h4-6H,1-3H3,(H2,11,12,13). The third-order valence-corrected chi connectivity index (χ3v) is 3.90. The summed E-state index contributed by atoms with van der Waals surface area (Å²) in [6.07, 6.45) is 0. The van der Waals surface area contributed by atoms with Crippen molar-refractivity contribution in [3.05, 3.63) is 22.7 Å². The molecule has 0 aromatic heterocycles. The van der Waals surface area contributed by atoms with E-state index in [1.54, 1.807) is 12.1 Å². The lowest BCUT2D eigenvalue weighted by molar-refractivity contribution is 0.535. The monoisotopic (exact) mass is 323 g/mol. The van der Waals surface area contributed by atoms with Crippen LogP contribution in [0.3, 0.4) is 0 Å². The van der Waals surface area contributed by atoms with Crippen LogP contribution >= 0.6 is 15.9 Å². The fourth-order valence-electron chi connectivity index (χ4n) is 1.13. The molecule has 0 radical (unpaired) electrons. The molecule has 0 fully saturated rings. The molecule has 0 aliphatic carbocycles. The van der Waals surface area contributed by atoms with Crippen molar-refractivity contribution in [2.75, 3.05) is 0 Å². The summed E-state index contributed by atoms with van der Waals surface area (Å²) in [5.74, 6) is 0.316. The van der Waals surface area contributed by atoms with Gasteiger partial charge in [0.15, 0.2) is 0 Å². The first-order chi connectivity index (χ1) is 7.09. The van der Waals surface area contributed by atoms with Crippen LogP contribution in [-0.2, 0) is 10.0 Å². The molecule has 16 heavy (non-hydrogen) atoms. The van der Waals surface area contributed by atoms with Gasteiger partial charge in [-0.1, -0.05) is 15.9 Å². The van der Waals surface area contributed by atoms with Gasteiger partial charge in [-0.25, -0.2) is 13.6 Å². The Hall–Kier alpha value is -0.373. The highest BCUT2D eigenvalue weighted by Gasteiger charge is 2.22. The molecule has 0 bridgehead atoms. The average molecular weight is 324 g/mol. The Morgan fingerprint density at radius 3 is 2.31 bits per heavy atom. The minimum Gasteiger partial charge on any atom is -0.543 e. The maximum Gasteiger partial charge on any atom is 0.242 e. The van der Waals surface area contributed by atoms with Crippen LogP contribution in [0.1, 0.15) is 0 Å². The Bertz CT molecular complexity index is 496. The molecule has 2 N–H and O–H groups in total. The lowest BCUT2D eigenvalue weighted by atomic mass is 10.3. The first-order valence-corrected chi connectivity index (χ1v) is 10.4. The van der Waals surface area contributed by atoms with E-state index in [2.05, 4.69) is 15.9 Å². The van der Waals surface area contributed by atoms with Gasteiger partial charge < -0.3 is 4.43 Å². The van der Waals surface area contributed by atoms with Crippen LogP contribution in [0.5, 0.6) is 5.75 Å². The molecule has 0 heterocycles. The number of hydrogen-bond acceptors (Lipinski definition) is 3. The number of rotatable bonds is 3. The van der Waals surface area contributed by atoms with Gasteiger partial charge in [0.1, 0.15) is 10.6 Å². The van der Waals surface area contributed by atoms with Crippen LogP contribution in [0.15, 0.2) is 27.6 Å². The van der Waals surface area contributed by atoms with Crippen molar-refractivity contribution in [3.8, 4) is 5.75 Å². The number of halogens is 1. The van der Waals surface area contributed by atoms with Crippen molar-refractivity contribution in [1.29, 1.82) is 0 Å². The van der Waals surface area contributed by atoms with Crippen LogP contribution in [0.2, 0.25) is 19.6 Å². The summed E-state index contributed by atoms with van der Waals surface area (Å²) in [4.78, 5) is 0.0260. The molecule has 0 aliphatic heterocycles.